The zero-order valence-corrected chi connectivity index (χ0v) is 19.5. The van der Waals surface area contributed by atoms with Gasteiger partial charge in [-0.2, -0.15) is 19.6 Å². The Morgan fingerprint density at radius 2 is 1.00 bits per heavy atom. The van der Waals surface area contributed by atoms with Crippen molar-refractivity contribution in [2.45, 2.75) is 51.5 Å². The maximum Gasteiger partial charge on any atom is 4.00 e. The van der Waals surface area contributed by atoms with Crippen LogP contribution in [0.15, 0.2) is 24.3 Å². The van der Waals surface area contributed by atoms with Crippen LogP contribution >= 0.6 is 0 Å². The van der Waals surface area contributed by atoms with Crippen LogP contribution in [0.1, 0.15) is 40.0 Å². The maximum absolute atomic E-state index is 6.45. The van der Waals surface area contributed by atoms with Crippen LogP contribution in [0, 0.1) is 0 Å². The summed E-state index contributed by atoms with van der Waals surface area (Å²) in [6, 6.07) is 8.73. The van der Waals surface area contributed by atoms with Crippen molar-refractivity contribution in [3.8, 4) is 0 Å². The van der Waals surface area contributed by atoms with Crippen molar-refractivity contribution in [3.05, 3.63) is 41.5 Å². The molecule has 21 heavy (non-hydrogen) atoms. The maximum atomic E-state index is 6.45. The Hall–Kier alpha value is 0.656. The van der Waals surface area contributed by atoms with Gasteiger partial charge < -0.3 is 17.2 Å². The Kier molecular flexibility index (Phi) is 40.6. The van der Waals surface area contributed by atoms with Crippen LogP contribution in [0.25, 0.3) is 17.2 Å². The van der Waals surface area contributed by atoms with E-state index in [1.807, 2.05) is 20.8 Å². The van der Waals surface area contributed by atoms with Crippen molar-refractivity contribution in [1.82, 2.24) is 0 Å². The smallest absolute Gasteiger partial charge is 4.00 e. The zero-order valence-electron chi connectivity index (χ0n) is 14.6. The van der Waals surface area contributed by atoms with Gasteiger partial charge in [-0.05, 0) is 0 Å². The Bertz CT molecular complexity index is 214. The van der Waals surface area contributed by atoms with Crippen molar-refractivity contribution in [2.75, 3.05) is 19.6 Å². The van der Waals surface area contributed by atoms with Crippen LogP contribution in [-0.2, 0) is 26.2 Å². The van der Waals surface area contributed by atoms with Gasteiger partial charge in [-0.3, -0.25) is 0 Å². The fraction of sp³-hybridized carbons (Fsp3) is 0.688. The first-order valence-corrected chi connectivity index (χ1v) is 13.8. The summed E-state index contributed by atoms with van der Waals surface area (Å²) >= 11 is -0.888. The first-order chi connectivity index (χ1) is 9.55. The molecular formula is C16H35GeN3Zr. The molecule has 3 nitrogen and oxygen atoms in total. The predicted octanol–water partition coefficient (Wildman–Crippen LogP) is 5.44. The van der Waals surface area contributed by atoms with E-state index in [9.17, 15) is 0 Å². The average molecular weight is 433 g/mol. The molecule has 0 saturated carbocycles. The standard InChI is InChI=1S/C7H11Ge.3C3H8N.Zr/c1-8(2)7-5-3-4-6-7;3*1-2-3-4;/h3-6,8H,1-2H3;3*4H,2-3H2,1H3;/q4*-1;+4. The number of nitrogens with one attached hydrogen (secondary N) is 3. The quantitative estimate of drug-likeness (QED) is 0.448. The van der Waals surface area contributed by atoms with Gasteiger partial charge in [0, 0.05) is 0 Å². The molecule has 0 radical (unpaired) electrons. The minimum atomic E-state index is -0.888. The second-order valence-electron chi connectivity index (χ2n) is 4.62. The van der Waals surface area contributed by atoms with E-state index in [-0.39, 0.29) is 26.2 Å². The fourth-order valence-electron chi connectivity index (χ4n) is 0.774. The fourth-order valence-corrected chi connectivity index (χ4v) is 2.86. The summed E-state index contributed by atoms with van der Waals surface area (Å²) < 4.78 is 1.62. The predicted molar refractivity (Wildman–Crippen MR) is 99.0 cm³/mol. The van der Waals surface area contributed by atoms with Crippen molar-refractivity contribution < 1.29 is 26.2 Å². The van der Waals surface area contributed by atoms with Crippen LogP contribution in [0.2, 0.25) is 11.5 Å². The SMILES string of the molecule is CCC[NH-].CCC[NH-].CCC[NH-].[CH3][GeH]([CH3])[c-]1cccc1.[Zr+4]. The van der Waals surface area contributed by atoms with E-state index >= 15 is 0 Å². The molecule has 122 valence electrons. The molecule has 0 unspecified atom stereocenters. The van der Waals surface area contributed by atoms with E-state index in [4.69, 9.17) is 17.2 Å². The number of rotatable bonds is 4. The van der Waals surface area contributed by atoms with E-state index in [1.165, 1.54) is 0 Å². The van der Waals surface area contributed by atoms with Crippen molar-refractivity contribution in [2.24, 2.45) is 0 Å². The molecule has 0 atom stereocenters. The van der Waals surface area contributed by atoms with Crippen molar-refractivity contribution in [1.29, 1.82) is 0 Å². The van der Waals surface area contributed by atoms with Crippen LogP contribution in [-0.4, -0.2) is 34.0 Å². The minimum absolute atomic E-state index is 0. The third-order valence-corrected chi connectivity index (χ3v) is 5.71. The molecule has 1 aromatic rings. The molecule has 0 aliphatic carbocycles. The summed E-state index contributed by atoms with van der Waals surface area (Å²) in [6.45, 7) is 7.69. The van der Waals surface area contributed by atoms with Gasteiger partial charge in [0.05, 0.1) is 0 Å². The summed E-state index contributed by atoms with van der Waals surface area (Å²) in [5.41, 5.74) is 19.4. The first kappa shape index (κ1) is 29.6. The summed E-state index contributed by atoms with van der Waals surface area (Å²) in [7, 11) is 0. The van der Waals surface area contributed by atoms with Crippen molar-refractivity contribution >= 4 is 18.7 Å². The Morgan fingerprint density at radius 1 is 0.762 bits per heavy atom. The molecule has 0 bridgehead atoms. The molecule has 0 heterocycles. The molecule has 0 aliphatic rings. The molecule has 0 saturated heterocycles. The van der Waals surface area contributed by atoms with Gasteiger partial charge in [0.25, 0.3) is 0 Å². The third kappa shape index (κ3) is 33.5. The Balaban J connectivity index is -0.0000000973. The largest absolute Gasteiger partial charge is 4.00 e. The van der Waals surface area contributed by atoms with E-state index in [0.717, 1.165) is 19.3 Å². The van der Waals surface area contributed by atoms with E-state index < -0.39 is 14.3 Å². The van der Waals surface area contributed by atoms with Gasteiger partial charge in [-0.25, -0.2) is 0 Å². The van der Waals surface area contributed by atoms with Crippen LogP contribution in [0.3, 0.4) is 0 Å². The van der Waals surface area contributed by atoms with Gasteiger partial charge in [0.1, 0.15) is 0 Å². The molecule has 0 amide bonds. The van der Waals surface area contributed by atoms with Crippen LogP contribution < -0.4 is 4.40 Å². The summed E-state index contributed by atoms with van der Waals surface area (Å²) in [6.07, 6.45) is 2.96. The second-order valence-corrected chi connectivity index (χ2v) is 10.9. The Labute approximate surface area is 157 Å². The molecule has 0 spiro atoms. The first-order valence-electron chi connectivity index (χ1n) is 7.70. The van der Waals surface area contributed by atoms with E-state index in [2.05, 4.69) is 35.8 Å². The van der Waals surface area contributed by atoms with Gasteiger partial charge in [-0.15, -0.1) is 0 Å². The molecule has 0 aromatic heterocycles. The molecule has 5 heteroatoms. The Morgan fingerprint density at radius 3 is 1.10 bits per heavy atom. The van der Waals surface area contributed by atoms with Gasteiger partial charge in [-0.1, -0.05) is 40.0 Å². The van der Waals surface area contributed by atoms with Crippen LogP contribution in [0.4, 0.5) is 0 Å². The minimum Gasteiger partial charge on any atom is 4.00 e. The topological polar surface area (TPSA) is 71.4 Å². The molecule has 1 aromatic carbocycles. The van der Waals surface area contributed by atoms with Crippen molar-refractivity contribution in [3.63, 3.8) is 0 Å². The third-order valence-electron chi connectivity index (χ3n) is 2.11. The molecule has 3 N–H and O–H groups in total. The average Bonchev–Trinajstić information content (AvgIpc) is 3.02. The second kappa shape index (κ2) is 28.8. The number of hydrogen-bond acceptors (Lipinski definition) is 0. The van der Waals surface area contributed by atoms with Gasteiger partial charge >= 0.3 is 80.7 Å². The zero-order chi connectivity index (χ0) is 16.2. The summed E-state index contributed by atoms with van der Waals surface area (Å²) in [4.78, 5) is 0. The monoisotopic (exact) mass is 433 g/mol. The summed E-state index contributed by atoms with van der Waals surface area (Å²) in [5.74, 6) is 4.78. The van der Waals surface area contributed by atoms with Gasteiger partial charge in [0.2, 0.25) is 0 Å². The molecule has 1 rings (SSSR count). The number of hydrogen-bond donors (Lipinski definition) is 0. The normalized spacial score (nSPS) is 8.24. The molecule has 0 fully saturated rings. The summed E-state index contributed by atoms with van der Waals surface area (Å²) in [5, 5.41) is 0. The van der Waals surface area contributed by atoms with Crippen LogP contribution in [0.5, 0.6) is 0 Å². The van der Waals surface area contributed by atoms with E-state index in [1.54, 1.807) is 4.40 Å². The van der Waals surface area contributed by atoms with Gasteiger partial charge in [0.15, 0.2) is 0 Å². The molecule has 0 aliphatic heterocycles. The van der Waals surface area contributed by atoms with E-state index in [0.29, 0.717) is 19.6 Å². The molecular weight excluding hydrogens is 398 g/mol.